The van der Waals surface area contributed by atoms with E-state index in [9.17, 15) is 4.79 Å². The summed E-state index contributed by atoms with van der Waals surface area (Å²) >= 11 is 0. The Balaban J connectivity index is 1.90. The number of fused-ring (bicyclic) bond motifs is 1. The molecule has 0 aromatic heterocycles. The number of rotatable bonds is 5. The maximum absolute atomic E-state index is 12.5. The van der Waals surface area contributed by atoms with Crippen molar-refractivity contribution < 1.29 is 14.3 Å². The van der Waals surface area contributed by atoms with Crippen LogP contribution in [0.1, 0.15) is 51.7 Å². The molecule has 0 amide bonds. The van der Waals surface area contributed by atoms with Crippen molar-refractivity contribution in [3.63, 3.8) is 0 Å². The molecule has 1 saturated carbocycles. The maximum Gasteiger partial charge on any atom is 0.339 e. The molecule has 3 heteroatoms. The summed E-state index contributed by atoms with van der Waals surface area (Å²) in [6.07, 6.45) is 2.83. The molecule has 3 nitrogen and oxygen atoms in total. The van der Waals surface area contributed by atoms with Gasteiger partial charge >= 0.3 is 5.97 Å². The number of carbonyl (C=O) groups excluding carboxylic acids is 1. The highest BCUT2D eigenvalue weighted by Crippen LogP contribution is 2.38. The van der Waals surface area contributed by atoms with Crippen LogP contribution in [0.4, 0.5) is 0 Å². The van der Waals surface area contributed by atoms with Gasteiger partial charge in [-0.15, -0.1) is 0 Å². The van der Waals surface area contributed by atoms with Gasteiger partial charge < -0.3 is 9.47 Å². The standard InChI is InChI=1S/C23H30O3/c1-15(2)20-12-9-16(3)13-21(20)26-22(23(24)25-4)19-11-10-17-7-5-6-8-18(17)14-19/h5-8,10-11,14-16,20-22H,9,12-13H2,1-4H3/t16-,20+,21-,22-/m1/s1. The number of hydrogen-bond donors (Lipinski definition) is 0. The molecule has 0 unspecified atom stereocenters. The van der Waals surface area contributed by atoms with E-state index in [-0.39, 0.29) is 12.1 Å². The summed E-state index contributed by atoms with van der Waals surface area (Å²) in [6, 6.07) is 14.3. The lowest BCUT2D eigenvalue weighted by molar-refractivity contribution is -0.165. The van der Waals surface area contributed by atoms with Gasteiger partial charge in [0.05, 0.1) is 13.2 Å². The van der Waals surface area contributed by atoms with Crippen LogP contribution < -0.4 is 0 Å². The summed E-state index contributed by atoms with van der Waals surface area (Å²) in [5, 5.41) is 2.27. The zero-order chi connectivity index (χ0) is 18.7. The summed E-state index contributed by atoms with van der Waals surface area (Å²) < 4.78 is 11.5. The summed E-state index contributed by atoms with van der Waals surface area (Å²) in [5.74, 6) is 1.34. The highest BCUT2D eigenvalue weighted by molar-refractivity contribution is 5.85. The quantitative estimate of drug-likeness (QED) is 0.662. The van der Waals surface area contributed by atoms with Crippen molar-refractivity contribution in [3.8, 4) is 0 Å². The topological polar surface area (TPSA) is 35.5 Å². The van der Waals surface area contributed by atoms with Crippen molar-refractivity contribution in [1.82, 2.24) is 0 Å². The Bertz CT molecular complexity index is 752. The van der Waals surface area contributed by atoms with Gasteiger partial charge in [-0.3, -0.25) is 0 Å². The first-order chi connectivity index (χ1) is 12.5. The molecule has 3 rings (SSSR count). The molecule has 0 heterocycles. The molecule has 1 aliphatic rings. The first-order valence-electron chi connectivity index (χ1n) is 9.71. The monoisotopic (exact) mass is 354 g/mol. The number of ether oxygens (including phenoxy) is 2. The predicted molar refractivity (Wildman–Crippen MR) is 105 cm³/mol. The fourth-order valence-electron chi connectivity index (χ4n) is 4.19. The van der Waals surface area contributed by atoms with Gasteiger partial charge in [-0.25, -0.2) is 4.79 Å². The van der Waals surface area contributed by atoms with E-state index in [1.165, 1.54) is 13.5 Å². The van der Waals surface area contributed by atoms with Crippen LogP contribution in [0.3, 0.4) is 0 Å². The number of esters is 1. The van der Waals surface area contributed by atoms with Gasteiger partial charge in [-0.1, -0.05) is 63.6 Å². The molecule has 140 valence electrons. The molecule has 0 spiro atoms. The second-order valence-electron chi connectivity index (χ2n) is 8.01. The predicted octanol–water partition coefficient (Wildman–Crippen LogP) is 5.53. The normalized spacial score (nSPS) is 24.6. The SMILES string of the molecule is COC(=O)[C@H](O[C@@H]1C[C@H](C)CC[C@H]1C(C)C)c1ccc2ccccc2c1. The molecular weight excluding hydrogens is 324 g/mol. The van der Waals surface area contributed by atoms with Crippen LogP contribution in [0.5, 0.6) is 0 Å². The van der Waals surface area contributed by atoms with Gasteiger partial charge in [-0.2, -0.15) is 0 Å². The van der Waals surface area contributed by atoms with E-state index >= 15 is 0 Å². The Morgan fingerprint density at radius 3 is 2.50 bits per heavy atom. The Morgan fingerprint density at radius 1 is 1.08 bits per heavy atom. The van der Waals surface area contributed by atoms with E-state index < -0.39 is 6.10 Å². The van der Waals surface area contributed by atoms with Crippen molar-refractivity contribution >= 4 is 16.7 Å². The van der Waals surface area contributed by atoms with Crippen LogP contribution in [0.2, 0.25) is 0 Å². The van der Waals surface area contributed by atoms with Crippen LogP contribution in [0, 0.1) is 17.8 Å². The van der Waals surface area contributed by atoms with E-state index in [0.717, 1.165) is 29.2 Å². The third-order valence-electron chi connectivity index (χ3n) is 5.76. The van der Waals surface area contributed by atoms with Crippen molar-refractivity contribution in [2.75, 3.05) is 7.11 Å². The van der Waals surface area contributed by atoms with E-state index in [1.54, 1.807) is 0 Å². The van der Waals surface area contributed by atoms with Crippen LogP contribution in [-0.4, -0.2) is 19.2 Å². The first kappa shape index (κ1) is 18.9. The zero-order valence-electron chi connectivity index (χ0n) is 16.3. The molecule has 0 bridgehead atoms. The second-order valence-corrected chi connectivity index (χ2v) is 8.01. The minimum Gasteiger partial charge on any atom is -0.467 e. The van der Waals surface area contributed by atoms with Crippen LogP contribution in [-0.2, 0) is 14.3 Å². The smallest absolute Gasteiger partial charge is 0.339 e. The summed E-state index contributed by atoms with van der Waals surface area (Å²) in [7, 11) is 1.43. The molecule has 0 N–H and O–H groups in total. The Morgan fingerprint density at radius 2 is 1.81 bits per heavy atom. The third kappa shape index (κ3) is 4.09. The van der Waals surface area contributed by atoms with Crippen LogP contribution in [0.25, 0.3) is 10.8 Å². The fourth-order valence-corrected chi connectivity index (χ4v) is 4.19. The zero-order valence-corrected chi connectivity index (χ0v) is 16.3. The molecule has 2 aromatic rings. The average Bonchev–Trinajstić information content (AvgIpc) is 2.65. The van der Waals surface area contributed by atoms with Gasteiger partial charge in [0.1, 0.15) is 0 Å². The Kier molecular flexibility index (Phi) is 5.98. The number of carbonyl (C=O) groups is 1. The molecular formula is C23H30O3. The van der Waals surface area contributed by atoms with Crippen molar-refractivity contribution in [2.24, 2.45) is 17.8 Å². The molecule has 26 heavy (non-hydrogen) atoms. The summed E-state index contributed by atoms with van der Waals surface area (Å²) in [5.41, 5.74) is 0.872. The van der Waals surface area contributed by atoms with Gasteiger partial charge in [0.25, 0.3) is 0 Å². The average molecular weight is 354 g/mol. The maximum atomic E-state index is 12.5. The molecule has 0 radical (unpaired) electrons. The summed E-state index contributed by atoms with van der Waals surface area (Å²) in [4.78, 5) is 12.5. The molecule has 0 saturated heterocycles. The lowest BCUT2D eigenvalue weighted by Crippen LogP contribution is -2.36. The first-order valence-corrected chi connectivity index (χ1v) is 9.71. The molecule has 1 fully saturated rings. The van der Waals surface area contributed by atoms with E-state index in [2.05, 4.69) is 32.9 Å². The van der Waals surface area contributed by atoms with Gasteiger partial charge in [0, 0.05) is 0 Å². The molecule has 4 atom stereocenters. The van der Waals surface area contributed by atoms with Gasteiger partial charge in [-0.05, 0) is 53.0 Å². The van der Waals surface area contributed by atoms with E-state index in [4.69, 9.17) is 9.47 Å². The number of benzene rings is 2. The minimum atomic E-state index is -0.666. The number of methoxy groups -OCH3 is 1. The summed E-state index contributed by atoms with van der Waals surface area (Å²) in [6.45, 7) is 6.77. The van der Waals surface area contributed by atoms with Crippen LogP contribution in [0.15, 0.2) is 42.5 Å². The fraction of sp³-hybridized carbons (Fsp3) is 0.522. The Labute approximate surface area is 156 Å². The highest BCUT2D eigenvalue weighted by Gasteiger charge is 2.35. The van der Waals surface area contributed by atoms with Crippen molar-refractivity contribution in [1.29, 1.82) is 0 Å². The second kappa shape index (κ2) is 8.22. The van der Waals surface area contributed by atoms with E-state index in [1.807, 2.05) is 30.3 Å². The Hall–Kier alpha value is -1.87. The lowest BCUT2D eigenvalue weighted by atomic mass is 9.75. The minimum absolute atomic E-state index is 0.0920. The lowest BCUT2D eigenvalue weighted by Gasteiger charge is -2.38. The third-order valence-corrected chi connectivity index (χ3v) is 5.76. The number of hydrogen-bond acceptors (Lipinski definition) is 3. The molecule has 0 aliphatic heterocycles. The van der Waals surface area contributed by atoms with Crippen molar-refractivity contribution in [2.45, 2.75) is 52.2 Å². The highest BCUT2D eigenvalue weighted by atomic mass is 16.6. The largest absolute Gasteiger partial charge is 0.467 e. The van der Waals surface area contributed by atoms with Crippen LogP contribution >= 0.6 is 0 Å². The van der Waals surface area contributed by atoms with E-state index in [0.29, 0.717) is 17.8 Å². The molecule has 1 aliphatic carbocycles. The van der Waals surface area contributed by atoms with Gasteiger partial charge in [0.15, 0.2) is 6.10 Å². The molecule has 2 aromatic carbocycles. The van der Waals surface area contributed by atoms with Gasteiger partial charge in [0.2, 0.25) is 0 Å². The van der Waals surface area contributed by atoms with Crippen molar-refractivity contribution in [3.05, 3.63) is 48.0 Å².